The molecule has 1 amide bonds. The summed E-state index contributed by atoms with van der Waals surface area (Å²) in [5.41, 5.74) is 0. The van der Waals surface area contributed by atoms with Crippen LogP contribution in [0.5, 0.6) is 0 Å². The molecule has 0 aromatic heterocycles. The molecule has 1 unspecified atom stereocenters. The van der Waals surface area contributed by atoms with Crippen molar-refractivity contribution >= 4 is 11.9 Å². The molecule has 0 spiro atoms. The zero-order valence-electron chi connectivity index (χ0n) is 12.7. The summed E-state index contributed by atoms with van der Waals surface area (Å²) in [5, 5.41) is 12.2. The standard InChI is InChI=1S/C15H26N2O4/c1-11(10-17-6-8-21-9-7-17)16-14(18)12-4-2-3-5-13(12)15(19)20/h11-13H,2-10H2,1H3,(H,16,18)(H,19,20)/t11?,12-,13+/m1/s1. The van der Waals surface area contributed by atoms with E-state index in [9.17, 15) is 14.7 Å². The van der Waals surface area contributed by atoms with Crippen LogP contribution in [0.3, 0.4) is 0 Å². The van der Waals surface area contributed by atoms with E-state index >= 15 is 0 Å². The number of morpholine rings is 1. The fourth-order valence-electron chi connectivity index (χ4n) is 3.31. The van der Waals surface area contributed by atoms with Crippen molar-refractivity contribution in [2.24, 2.45) is 11.8 Å². The SMILES string of the molecule is CC(CN1CCOCC1)NC(=O)[C@@H]1CCCC[C@@H]1C(=O)O. The largest absolute Gasteiger partial charge is 0.481 e. The first kappa shape index (κ1) is 16.2. The number of hydrogen-bond donors (Lipinski definition) is 2. The van der Waals surface area contributed by atoms with Gasteiger partial charge in [-0.05, 0) is 19.8 Å². The Morgan fingerprint density at radius 2 is 1.86 bits per heavy atom. The number of hydrogen-bond acceptors (Lipinski definition) is 4. The van der Waals surface area contributed by atoms with E-state index in [1.165, 1.54) is 0 Å². The van der Waals surface area contributed by atoms with E-state index in [0.29, 0.717) is 12.8 Å². The average Bonchev–Trinajstić information content (AvgIpc) is 2.48. The molecule has 2 fully saturated rings. The molecule has 2 rings (SSSR count). The molecule has 1 aliphatic heterocycles. The van der Waals surface area contributed by atoms with Gasteiger partial charge in [0, 0.05) is 25.7 Å². The quantitative estimate of drug-likeness (QED) is 0.781. The second-order valence-corrected chi connectivity index (χ2v) is 6.16. The highest BCUT2D eigenvalue weighted by molar-refractivity contribution is 5.85. The molecule has 0 aromatic rings. The molecule has 2 aliphatic rings. The minimum absolute atomic E-state index is 0.0342. The molecule has 120 valence electrons. The molecule has 1 aliphatic carbocycles. The van der Waals surface area contributed by atoms with E-state index in [2.05, 4.69) is 10.2 Å². The Hall–Kier alpha value is -1.14. The number of amides is 1. The molecule has 0 bridgehead atoms. The fourth-order valence-corrected chi connectivity index (χ4v) is 3.31. The highest BCUT2D eigenvalue weighted by Crippen LogP contribution is 2.30. The van der Waals surface area contributed by atoms with Crippen molar-refractivity contribution in [2.75, 3.05) is 32.8 Å². The van der Waals surface area contributed by atoms with E-state index in [1.807, 2.05) is 6.92 Å². The summed E-state index contributed by atoms with van der Waals surface area (Å²) in [6.45, 7) is 6.03. The third-order valence-electron chi connectivity index (χ3n) is 4.44. The predicted molar refractivity (Wildman–Crippen MR) is 77.9 cm³/mol. The second-order valence-electron chi connectivity index (χ2n) is 6.16. The maximum atomic E-state index is 12.3. The number of ether oxygens (including phenoxy) is 1. The van der Waals surface area contributed by atoms with Crippen molar-refractivity contribution in [1.82, 2.24) is 10.2 Å². The summed E-state index contributed by atoms with van der Waals surface area (Å²) in [5.74, 6) is -1.82. The van der Waals surface area contributed by atoms with Gasteiger partial charge in [0.25, 0.3) is 0 Å². The second kappa shape index (κ2) is 7.75. The Bertz CT molecular complexity index is 369. The molecule has 0 radical (unpaired) electrons. The first-order chi connectivity index (χ1) is 10.1. The lowest BCUT2D eigenvalue weighted by atomic mass is 9.78. The fraction of sp³-hybridized carbons (Fsp3) is 0.867. The highest BCUT2D eigenvalue weighted by atomic mass is 16.5. The molecule has 1 saturated carbocycles. The van der Waals surface area contributed by atoms with Gasteiger partial charge in [0.05, 0.1) is 25.0 Å². The van der Waals surface area contributed by atoms with E-state index in [4.69, 9.17) is 4.74 Å². The maximum Gasteiger partial charge on any atom is 0.307 e. The number of carbonyl (C=O) groups excluding carboxylic acids is 1. The molecule has 21 heavy (non-hydrogen) atoms. The van der Waals surface area contributed by atoms with Crippen LogP contribution in [0, 0.1) is 11.8 Å². The zero-order valence-corrected chi connectivity index (χ0v) is 12.7. The van der Waals surface area contributed by atoms with Crippen LogP contribution >= 0.6 is 0 Å². The predicted octanol–water partition coefficient (Wildman–Crippen LogP) is 0.714. The van der Waals surface area contributed by atoms with E-state index in [0.717, 1.165) is 45.7 Å². The molecule has 0 aromatic carbocycles. The van der Waals surface area contributed by atoms with Crippen LogP contribution in [0.2, 0.25) is 0 Å². The van der Waals surface area contributed by atoms with Gasteiger partial charge in [-0.2, -0.15) is 0 Å². The molecular formula is C15H26N2O4. The first-order valence-corrected chi connectivity index (χ1v) is 7.91. The highest BCUT2D eigenvalue weighted by Gasteiger charge is 2.36. The minimum atomic E-state index is -0.837. The Kier molecular flexibility index (Phi) is 5.99. The number of aliphatic carboxylic acids is 1. The van der Waals surface area contributed by atoms with E-state index in [1.54, 1.807) is 0 Å². The van der Waals surface area contributed by atoms with Gasteiger partial charge in [0.15, 0.2) is 0 Å². The number of nitrogens with zero attached hydrogens (tertiary/aromatic N) is 1. The van der Waals surface area contributed by atoms with Crippen molar-refractivity contribution in [3.63, 3.8) is 0 Å². The molecule has 2 N–H and O–H groups in total. The normalized spacial score (nSPS) is 28.8. The van der Waals surface area contributed by atoms with Gasteiger partial charge in [0.1, 0.15) is 0 Å². The average molecular weight is 298 g/mol. The van der Waals surface area contributed by atoms with Crippen molar-refractivity contribution in [3.05, 3.63) is 0 Å². The van der Waals surface area contributed by atoms with Gasteiger partial charge in [-0.25, -0.2) is 0 Å². The van der Waals surface area contributed by atoms with Crippen LogP contribution in [-0.2, 0) is 14.3 Å². The summed E-state index contributed by atoms with van der Waals surface area (Å²) in [6, 6.07) is 0.0342. The van der Waals surface area contributed by atoms with Crippen LogP contribution in [0.4, 0.5) is 0 Å². The van der Waals surface area contributed by atoms with Gasteiger partial charge in [0.2, 0.25) is 5.91 Å². The van der Waals surface area contributed by atoms with Crippen LogP contribution < -0.4 is 5.32 Å². The Morgan fingerprint density at radius 1 is 1.24 bits per heavy atom. The van der Waals surface area contributed by atoms with Crippen LogP contribution in [0.25, 0.3) is 0 Å². The van der Waals surface area contributed by atoms with Crippen molar-refractivity contribution in [1.29, 1.82) is 0 Å². The van der Waals surface area contributed by atoms with Gasteiger partial charge in [-0.1, -0.05) is 12.8 Å². The summed E-state index contributed by atoms with van der Waals surface area (Å²) >= 11 is 0. The zero-order chi connectivity index (χ0) is 15.2. The maximum absolute atomic E-state index is 12.3. The lowest BCUT2D eigenvalue weighted by Crippen LogP contribution is -2.49. The molecule has 6 heteroatoms. The molecular weight excluding hydrogens is 272 g/mol. The van der Waals surface area contributed by atoms with Crippen LogP contribution in [0.1, 0.15) is 32.6 Å². The van der Waals surface area contributed by atoms with Gasteiger partial charge >= 0.3 is 5.97 Å². The number of carbonyl (C=O) groups is 2. The van der Waals surface area contributed by atoms with Crippen LogP contribution in [-0.4, -0.2) is 60.8 Å². The van der Waals surface area contributed by atoms with E-state index < -0.39 is 11.9 Å². The Morgan fingerprint density at radius 3 is 2.48 bits per heavy atom. The number of rotatable bonds is 5. The minimum Gasteiger partial charge on any atom is -0.481 e. The lowest BCUT2D eigenvalue weighted by Gasteiger charge is -2.32. The monoisotopic (exact) mass is 298 g/mol. The number of nitrogens with one attached hydrogen (secondary N) is 1. The van der Waals surface area contributed by atoms with Gasteiger partial charge in [-0.15, -0.1) is 0 Å². The third-order valence-corrected chi connectivity index (χ3v) is 4.44. The molecule has 6 nitrogen and oxygen atoms in total. The summed E-state index contributed by atoms with van der Waals surface area (Å²) in [4.78, 5) is 25.9. The van der Waals surface area contributed by atoms with E-state index in [-0.39, 0.29) is 17.9 Å². The van der Waals surface area contributed by atoms with Crippen molar-refractivity contribution < 1.29 is 19.4 Å². The summed E-state index contributed by atoms with van der Waals surface area (Å²) in [6.07, 6.45) is 3.15. The van der Waals surface area contributed by atoms with Gasteiger partial charge in [-0.3, -0.25) is 14.5 Å². The number of carboxylic acid groups (broad SMARTS) is 1. The molecule has 1 heterocycles. The first-order valence-electron chi connectivity index (χ1n) is 7.91. The lowest BCUT2D eigenvalue weighted by molar-refractivity contribution is -0.149. The Balaban J connectivity index is 1.82. The van der Waals surface area contributed by atoms with Crippen molar-refractivity contribution in [3.8, 4) is 0 Å². The Labute approximate surface area is 125 Å². The number of carboxylic acids is 1. The van der Waals surface area contributed by atoms with Crippen LogP contribution in [0.15, 0.2) is 0 Å². The van der Waals surface area contributed by atoms with Crippen molar-refractivity contribution in [2.45, 2.75) is 38.6 Å². The third kappa shape index (κ3) is 4.68. The topological polar surface area (TPSA) is 78.9 Å². The molecule has 3 atom stereocenters. The smallest absolute Gasteiger partial charge is 0.307 e. The van der Waals surface area contributed by atoms with Gasteiger partial charge < -0.3 is 15.2 Å². The summed E-state index contributed by atoms with van der Waals surface area (Å²) in [7, 11) is 0. The molecule has 1 saturated heterocycles. The summed E-state index contributed by atoms with van der Waals surface area (Å²) < 4.78 is 5.30.